The van der Waals surface area contributed by atoms with E-state index in [0.717, 1.165) is 33.8 Å². The highest BCUT2D eigenvalue weighted by Crippen LogP contribution is 2.56. The van der Waals surface area contributed by atoms with Gasteiger partial charge in [0.05, 0.1) is 22.4 Å². The van der Waals surface area contributed by atoms with Crippen molar-refractivity contribution in [2.75, 3.05) is 0 Å². The minimum absolute atomic E-state index is 0.0756. The standard InChI is InChI=1S/C56H38N2S2/c1-56(2)46-26-24-37(29-43(46)44-33-54-55(34-47(44)56)60-53-23-12-11-22-52(53)59-54)38-25-27-51-45(30-38)42-20-9-10-21-50(42)58(51)41-19-13-18-39(28-41)49-32-40(35-14-5-3-6-15-35)31-48(57-49)36-16-7-4-8-17-36/h3-34H,1-2H3. The molecular formula is C56H38N2S2. The number of aromatic nitrogens is 2. The maximum absolute atomic E-state index is 5.26. The number of hydrogen-bond donors (Lipinski definition) is 0. The number of nitrogens with zero attached hydrogens (tertiary/aromatic N) is 2. The fourth-order valence-electron chi connectivity index (χ4n) is 9.42. The summed E-state index contributed by atoms with van der Waals surface area (Å²) in [4.78, 5) is 10.7. The first kappa shape index (κ1) is 35.4. The Balaban J connectivity index is 0.958. The summed E-state index contributed by atoms with van der Waals surface area (Å²) in [5.41, 5.74) is 17.8. The van der Waals surface area contributed by atoms with Gasteiger partial charge in [-0.3, -0.25) is 0 Å². The quantitative estimate of drug-likeness (QED) is 0.173. The zero-order valence-electron chi connectivity index (χ0n) is 33.2. The van der Waals surface area contributed by atoms with Crippen LogP contribution in [0.5, 0.6) is 0 Å². The van der Waals surface area contributed by atoms with Crippen molar-refractivity contribution in [2.45, 2.75) is 38.8 Å². The molecule has 8 aromatic carbocycles. The molecule has 284 valence electrons. The Morgan fingerprint density at radius 3 is 1.77 bits per heavy atom. The number of rotatable bonds is 5. The summed E-state index contributed by atoms with van der Waals surface area (Å²) in [6.07, 6.45) is 0. The summed E-state index contributed by atoms with van der Waals surface area (Å²) < 4.78 is 2.41. The minimum Gasteiger partial charge on any atom is -0.309 e. The molecule has 60 heavy (non-hydrogen) atoms. The number of para-hydroxylation sites is 1. The molecule has 0 amide bonds. The predicted octanol–water partition coefficient (Wildman–Crippen LogP) is 15.8. The van der Waals surface area contributed by atoms with Gasteiger partial charge in [0, 0.05) is 52.6 Å². The smallest absolute Gasteiger partial charge is 0.0716 e. The number of hydrogen-bond acceptors (Lipinski definition) is 3. The van der Waals surface area contributed by atoms with Crippen LogP contribution in [0.3, 0.4) is 0 Å². The van der Waals surface area contributed by atoms with Gasteiger partial charge >= 0.3 is 0 Å². The molecule has 0 N–H and O–H groups in total. The third-order valence-electron chi connectivity index (χ3n) is 12.4. The van der Waals surface area contributed by atoms with Crippen LogP contribution in [0.4, 0.5) is 0 Å². The van der Waals surface area contributed by atoms with E-state index < -0.39 is 0 Å². The molecule has 0 spiro atoms. The van der Waals surface area contributed by atoms with Gasteiger partial charge in [-0.2, -0.15) is 0 Å². The molecule has 0 unspecified atom stereocenters. The molecule has 1 aliphatic heterocycles. The lowest BCUT2D eigenvalue weighted by molar-refractivity contribution is 0.657. The second kappa shape index (κ2) is 13.7. The number of benzene rings is 8. The van der Waals surface area contributed by atoms with Crippen molar-refractivity contribution in [3.05, 3.63) is 205 Å². The summed E-state index contributed by atoms with van der Waals surface area (Å²) in [5.74, 6) is 0. The Kier molecular flexibility index (Phi) is 8.10. The van der Waals surface area contributed by atoms with Gasteiger partial charge in [0.15, 0.2) is 0 Å². The van der Waals surface area contributed by atoms with Crippen molar-refractivity contribution in [3.63, 3.8) is 0 Å². The zero-order valence-corrected chi connectivity index (χ0v) is 34.8. The average Bonchev–Trinajstić information content (AvgIpc) is 3.75. The van der Waals surface area contributed by atoms with E-state index in [4.69, 9.17) is 4.98 Å². The Morgan fingerprint density at radius 2 is 0.983 bits per heavy atom. The van der Waals surface area contributed by atoms with Gasteiger partial charge in [-0.15, -0.1) is 0 Å². The fraction of sp³-hybridized carbons (Fsp3) is 0.0536. The summed E-state index contributed by atoms with van der Waals surface area (Å²) >= 11 is 3.80. The zero-order chi connectivity index (χ0) is 40.0. The van der Waals surface area contributed by atoms with Crippen molar-refractivity contribution in [3.8, 4) is 61.6 Å². The third kappa shape index (κ3) is 5.70. The van der Waals surface area contributed by atoms with Gasteiger partial charge in [0.25, 0.3) is 0 Å². The molecule has 2 aliphatic rings. The van der Waals surface area contributed by atoms with Crippen LogP contribution in [0.2, 0.25) is 0 Å². The van der Waals surface area contributed by atoms with Crippen LogP contribution in [-0.4, -0.2) is 9.55 Å². The largest absolute Gasteiger partial charge is 0.309 e. The molecule has 12 rings (SSSR count). The first-order valence-corrected chi connectivity index (χ1v) is 22.2. The highest BCUT2D eigenvalue weighted by Gasteiger charge is 2.37. The Labute approximate surface area is 358 Å². The van der Waals surface area contributed by atoms with E-state index in [1.54, 1.807) is 0 Å². The van der Waals surface area contributed by atoms with Gasteiger partial charge in [-0.05, 0) is 117 Å². The van der Waals surface area contributed by atoms with E-state index in [0.29, 0.717) is 0 Å². The average molecular weight is 803 g/mol. The molecule has 4 heteroatoms. The van der Waals surface area contributed by atoms with E-state index in [9.17, 15) is 0 Å². The molecule has 0 fully saturated rings. The van der Waals surface area contributed by atoms with Crippen LogP contribution >= 0.6 is 23.5 Å². The lowest BCUT2D eigenvalue weighted by atomic mass is 9.82. The topological polar surface area (TPSA) is 17.8 Å². The van der Waals surface area contributed by atoms with Gasteiger partial charge < -0.3 is 4.57 Å². The lowest BCUT2D eigenvalue weighted by Crippen LogP contribution is -2.15. The number of pyridine rings is 1. The maximum atomic E-state index is 5.26. The third-order valence-corrected chi connectivity index (χ3v) is 15.0. The molecule has 10 aromatic rings. The van der Waals surface area contributed by atoms with Crippen LogP contribution in [-0.2, 0) is 5.41 Å². The van der Waals surface area contributed by atoms with Crippen molar-refractivity contribution >= 4 is 45.3 Å². The van der Waals surface area contributed by atoms with Gasteiger partial charge in [0.2, 0.25) is 0 Å². The molecule has 0 bridgehead atoms. The Bertz CT molecular complexity index is 3290. The summed E-state index contributed by atoms with van der Waals surface area (Å²) in [5, 5.41) is 2.48. The van der Waals surface area contributed by atoms with Crippen LogP contribution in [0.25, 0.3) is 83.4 Å². The molecule has 0 saturated heterocycles. The SMILES string of the molecule is CC1(C)c2ccc(-c3ccc4c(c3)c3ccccc3n4-c3cccc(-c4cc(-c5ccccc5)cc(-c5ccccc5)n4)c3)cc2-c2cc3c(cc21)Sc1ccccc1S3. The summed E-state index contributed by atoms with van der Waals surface area (Å²) in [6.45, 7) is 4.76. The predicted molar refractivity (Wildman–Crippen MR) is 253 cm³/mol. The molecule has 2 nitrogen and oxygen atoms in total. The monoisotopic (exact) mass is 802 g/mol. The fourth-order valence-corrected chi connectivity index (χ4v) is 11.7. The van der Waals surface area contributed by atoms with Crippen LogP contribution in [0, 0.1) is 0 Å². The van der Waals surface area contributed by atoms with Gasteiger partial charge in [0.1, 0.15) is 0 Å². The van der Waals surface area contributed by atoms with E-state index in [1.807, 2.05) is 23.5 Å². The van der Waals surface area contributed by atoms with E-state index in [1.165, 1.54) is 80.3 Å². The maximum Gasteiger partial charge on any atom is 0.0716 e. The summed E-state index contributed by atoms with van der Waals surface area (Å²) in [7, 11) is 0. The molecular weight excluding hydrogens is 765 g/mol. The number of fused-ring (bicyclic) bond motifs is 8. The van der Waals surface area contributed by atoms with Gasteiger partial charge in [-0.1, -0.05) is 159 Å². The molecule has 0 atom stereocenters. The van der Waals surface area contributed by atoms with Crippen molar-refractivity contribution in [2.24, 2.45) is 0 Å². The molecule has 3 heterocycles. The van der Waals surface area contributed by atoms with Crippen molar-refractivity contribution in [1.29, 1.82) is 0 Å². The minimum atomic E-state index is -0.0756. The first-order chi connectivity index (χ1) is 29.5. The van der Waals surface area contributed by atoms with Crippen LogP contribution in [0.15, 0.2) is 214 Å². The first-order valence-electron chi connectivity index (χ1n) is 20.5. The van der Waals surface area contributed by atoms with E-state index >= 15 is 0 Å². The summed E-state index contributed by atoms with van der Waals surface area (Å²) in [6, 6.07) is 71.0. The molecule has 0 radical (unpaired) electrons. The lowest BCUT2D eigenvalue weighted by Gasteiger charge is -2.24. The normalized spacial score (nSPS) is 13.5. The van der Waals surface area contributed by atoms with Crippen LogP contribution in [0.1, 0.15) is 25.0 Å². The Hall–Kier alpha value is -6.59. The molecule has 0 saturated carbocycles. The highest BCUT2D eigenvalue weighted by atomic mass is 32.2. The van der Waals surface area contributed by atoms with E-state index in [-0.39, 0.29) is 5.41 Å². The second-order valence-electron chi connectivity index (χ2n) is 16.4. The molecule has 2 aromatic heterocycles. The van der Waals surface area contributed by atoms with Crippen molar-refractivity contribution in [1.82, 2.24) is 9.55 Å². The second-order valence-corrected chi connectivity index (χ2v) is 18.5. The van der Waals surface area contributed by atoms with Gasteiger partial charge in [-0.25, -0.2) is 4.98 Å². The van der Waals surface area contributed by atoms with Crippen molar-refractivity contribution < 1.29 is 0 Å². The van der Waals surface area contributed by atoms with Crippen LogP contribution < -0.4 is 0 Å². The van der Waals surface area contributed by atoms with E-state index in [2.05, 4.69) is 213 Å². The highest BCUT2D eigenvalue weighted by molar-refractivity contribution is 8.05. The molecule has 1 aliphatic carbocycles. The Morgan fingerprint density at radius 1 is 0.383 bits per heavy atom.